The van der Waals surface area contributed by atoms with Crippen LogP contribution in [0.3, 0.4) is 0 Å². The van der Waals surface area contributed by atoms with Gasteiger partial charge in [-0.15, -0.1) is 0 Å². The van der Waals surface area contributed by atoms with Crippen LogP contribution < -0.4 is 21.3 Å². The van der Waals surface area contributed by atoms with Crippen LogP contribution in [-0.2, 0) is 24.1 Å². The monoisotopic (exact) mass is 634 g/mol. The van der Waals surface area contributed by atoms with Crippen LogP contribution in [0.15, 0.2) is 76.3 Å². The van der Waals surface area contributed by atoms with Crippen molar-refractivity contribution in [3.63, 3.8) is 0 Å². The molecule has 3 aromatic carbocycles. The van der Waals surface area contributed by atoms with Gasteiger partial charge in [-0.3, -0.25) is 18.7 Å². The third-order valence-corrected chi connectivity index (χ3v) is 7.09. The minimum atomic E-state index is -5.02. The van der Waals surface area contributed by atoms with Crippen LogP contribution in [0.5, 0.6) is 5.75 Å². The number of alkyl halides is 3. The Morgan fingerprint density at radius 1 is 1.02 bits per heavy atom. The number of carbonyl (C=O) groups is 1. The molecule has 0 bridgehead atoms. The van der Waals surface area contributed by atoms with Crippen LogP contribution in [0.1, 0.15) is 45.3 Å². The number of halogens is 5. The van der Waals surface area contributed by atoms with Gasteiger partial charge in [-0.25, -0.2) is 13.6 Å². The fourth-order valence-corrected chi connectivity index (χ4v) is 4.88. The predicted molar refractivity (Wildman–Crippen MR) is 156 cm³/mol. The molecule has 1 heterocycles. The highest BCUT2D eigenvalue weighted by atomic mass is 19.4. The third-order valence-electron chi connectivity index (χ3n) is 7.09. The summed E-state index contributed by atoms with van der Waals surface area (Å²) in [5, 5.41) is 11.8. The summed E-state index contributed by atoms with van der Waals surface area (Å²) in [5.74, 6) is -4.12. The zero-order valence-corrected chi connectivity index (χ0v) is 24.0. The molecule has 4 rings (SSSR count). The number of aliphatic carboxylic acids is 1. The number of nitrogens with one attached hydrogen (secondary N) is 1. The Bertz CT molecular complexity index is 1930. The molecular formula is C32H30F5N3O5. The number of benzene rings is 3. The highest BCUT2D eigenvalue weighted by molar-refractivity contribution is 5.68. The lowest BCUT2D eigenvalue weighted by atomic mass is 10.0. The Kier molecular flexibility index (Phi) is 8.94. The first-order valence-corrected chi connectivity index (χ1v) is 13.4. The first kappa shape index (κ1) is 29.0. The molecule has 2 atom stereocenters. The van der Waals surface area contributed by atoms with Crippen LogP contribution in [0.25, 0.3) is 11.1 Å². The predicted octanol–water partition coefficient (Wildman–Crippen LogP) is 5.54. The zero-order chi connectivity index (χ0) is 35.6. The maximum Gasteiger partial charge on any atom is 0.416 e. The van der Waals surface area contributed by atoms with Crippen molar-refractivity contribution in [2.75, 3.05) is 13.6 Å². The first-order valence-electron chi connectivity index (χ1n) is 15.0. The van der Waals surface area contributed by atoms with E-state index in [0.717, 1.165) is 12.1 Å². The Labute approximate surface area is 258 Å². The number of ether oxygens (including phenoxy) is 1. The van der Waals surface area contributed by atoms with Crippen molar-refractivity contribution in [2.45, 2.75) is 45.0 Å². The Morgan fingerprint density at radius 3 is 2.36 bits per heavy atom. The van der Waals surface area contributed by atoms with Crippen molar-refractivity contribution in [3.8, 4) is 16.9 Å². The maximum atomic E-state index is 15.6. The van der Waals surface area contributed by atoms with Gasteiger partial charge < -0.3 is 15.2 Å². The van der Waals surface area contributed by atoms with Gasteiger partial charge in [-0.2, -0.15) is 13.2 Å². The minimum absolute atomic E-state index is 0.286. The highest BCUT2D eigenvalue weighted by Crippen LogP contribution is 2.34. The molecule has 8 nitrogen and oxygen atoms in total. The van der Waals surface area contributed by atoms with Crippen molar-refractivity contribution in [2.24, 2.45) is 0 Å². The van der Waals surface area contributed by atoms with Crippen LogP contribution in [0.2, 0.25) is 0 Å². The molecule has 0 saturated heterocycles. The topological polar surface area (TPSA) is 103 Å². The maximum absolute atomic E-state index is 15.6. The lowest BCUT2D eigenvalue weighted by Gasteiger charge is -2.23. The summed E-state index contributed by atoms with van der Waals surface area (Å²) in [7, 11) is 1.17. The average molecular weight is 635 g/mol. The molecule has 0 spiro atoms. The number of hydrogen-bond donors (Lipinski definition) is 2. The molecule has 45 heavy (non-hydrogen) atoms. The SMILES string of the molecule is [2H]C(N[C@H](Cn1c(=O)c(-c2cccc(OC)c2F)c(C)n(Cc2c(F)cccc2C(F)(F)F)c1=O)c1ccccc1)C([2H])([2H])CC(=O)O. The number of methoxy groups -OCH3 is 1. The number of carboxylic acids is 1. The molecule has 1 unspecified atom stereocenters. The van der Waals surface area contributed by atoms with Gasteiger partial charge in [0, 0.05) is 27.4 Å². The highest BCUT2D eigenvalue weighted by Gasteiger charge is 2.35. The average Bonchev–Trinajstić information content (AvgIpc) is 3.01. The molecule has 0 aliphatic carbocycles. The van der Waals surface area contributed by atoms with Crippen molar-refractivity contribution in [1.82, 2.24) is 14.5 Å². The first-order chi connectivity index (χ1) is 22.5. The second-order valence-corrected chi connectivity index (χ2v) is 9.88. The van der Waals surface area contributed by atoms with E-state index in [1.165, 1.54) is 44.4 Å². The van der Waals surface area contributed by atoms with E-state index < -0.39 is 90.2 Å². The number of carboxylic acid groups (broad SMARTS) is 1. The summed E-state index contributed by atoms with van der Waals surface area (Å²) in [6.07, 6.45) is -8.72. The van der Waals surface area contributed by atoms with E-state index in [2.05, 4.69) is 5.32 Å². The number of rotatable bonds is 12. The van der Waals surface area contributed by atoms with Gasteiger partial charge in [-0.1, -0.05) is 48.5 Å². The summed E-state index contributed by atoms with van der Waals surface area (Å²) in [4.78, 5) is 39.4. The molecule has 1 aromatic heterocycles. The normalized spacial score (nSPS) is 14.2. The van der Waals surface area contributed by atoms with E-state index in [0.29, 0.717) is 20.8 Å². The molecular weight excluding hydrogens is 601 g/mol. The van der Waals surface area contributed by atoms with Gasteiger partial charge in [0.05, 0.1) is 37.4 Å². The number of aromatic nitrogens is 2. The molecule has 13 heteroatoms. The fraction of sp³-hybridized carbons (Fsp3) is 0.281. The van der Waals surface area contributed by atoms with E-state index in [4.69, 9.17) is 14.0 Å². The smallest absolute Gasteiger partial charge is 0.416 e. The lowest BCUT2D eigenvalue weighted by molar-refractivity contribution is -0.138. The van der Waals surface area contributed by atoms with E-state index in [1.807, 2.05) is 0 Å². The molecule has 238 valence electrons. The Hall–Kier alpha value is -4.78. The fourth-order valence-electron chi connectivity index (χ4n) is 4.88. The summed E-state index contributed by atoms with van der Waals surface area (Å²) < 4.78 is 103. The van der Waals surface area contributed by atoms with Gasteiger partial charge >= 0.3 is 17.8 Å². The lowest BCUT2D eigenvalue weighted by Crippen LogP contribution is -2.45. The molecule has 0 radical (unpaired) electrons. The second-order valence-electron chi connectivity index (χ2n) is 9.88. The molecule has 0 fully saturated rings. The van der Waals surface area contributed by atoms with E-state index in [9.17, 15) is 27.6 Å². The van der Waals surface area contributed by atoms with Crippen LogP contribution in [0.4, 0.5) is 22.0 Å². The second kappa shape index (κ2) is 13.9. The van der Waals surface area contributed by atoms with Crippen molar-refractivity contribution in [3.05, 3.63) is 122 Å². The molecule has 4 aromatic rings. The quantitative estimate of drug-likeness (QED) is 0.199. The van der Waals surface area contributed by atoms with E-state index in [1.54, 1.807) is 18.2 Å². The van der Waals surface area contributed by atoms with Gasteiger partial charge in [0.25, 0.3) is 5.56 Å². The van der Waals surface area contributed by atoms with Crippen LogP contribution in [-0.4, -0.2) is 33.8 Å². The molecule has 0 amide bonds. The number of nitrogens with zero attached hydrogens (tertiary/aromatic N) is 2. The standard InChI is InChI=1S/C32H30F5N3O5/c1-19-28(21-11-6-14-26(45-2)29(21)34)30(43)40(18-25(20-9-4-3-5-10-20)38-16-8-15-27(41)42)31(44)39(19)17-22-23(32(35,36)37)12-7-13-24(22)33/h3-7,9-14,25,38H,8,15-18H2,1-2H3,(H,41,42)/t25-/m1/s1/i8D2,16D/t16?,25-. The Balaban J connectivity index is 1.99. The van der Waals surface area contributed by atoms with Crippen molar-refractivity contribution in [1.29, 1.82) is 0 Å². The van der Waals surface area contributed by atoms with Gasteiger partial charge in [0.1, 0.15) is 5.82 Å². The molecule has 0 aliphatic heterocycles. The summed E-state index contributed by atoms with van der Waals surface area (Å²) >= 11 is 0. The minimum Gasteiger partial charge on any atom is -0.494 e. The van der Waals surface area contributed by atoms with Gasteiger partial charge in [0.15, 0.2) is 11.6 Å². The van der Waals surface area contributed by atoms with Crippen LogP contribution >= 0.6 is 0 Å². The van der Waals surface area contributed by atoms with Crippen LogP contribution in [0, 0.1) is 18.6 Å². The third kappa shape index (κ3) is 7.31. The Morgan fingerprint density at radius 2 is 1.71 bits per heavy atom. The number of hydrogen-bond acceptors (Lipinski definition) is 5. The zero-order valence-electron chi connectivity index (χ0n) is 27.0. The molecule has 0 aliphatic rings. The summed E-state index contributed by atoms with van der Waals surface area (Å²) in [6, 6.07) is 12.6. The molecule has 2 N–H and O–H groups in total. The van der Waals surface area contributed by atoms with Crippen molar-refractivity contribution < 1.29 is 40.7 Å². The van der Waals surface area contributed by atoms with Gasteiger partial charge in [0.2, 0.25) is 0 Å². The van der Waals surface area contributed by atoms with Gasteiger partial charge in [-0.05, 0) is 43.6 Å². The van der Waals surface area contributed by atoms with E-state index in [-0.39, 0.29) is 17.0 Å². The van der Waals surface area contributed by atoms with Crippen molar-refractivity contribution >= 4 is 5.97 Å². The van der Waals surface area contributed by atoms with E-state index >= 15 is 8.78 Å². The molecule has 0 saturated carbocycles. The largest absolute Gasteiger partial charge is 0.494 e. The summed E-state index contributed by atoms with van der Waals surface area (Å²) in [5.41, 5.74) is -5.38. The summed E-state index contributed by atoms with van der Waals surface area (Å²) in [6.45, 7) is -2.41.